The van der Waals surface area contributed by atoms with Crippen molar-refractivity contribution in [3.05, 3.63) is 35.9 Å². The highest BCUT2D eigenvalue weighted by molar-refractivity contribution is 5.91. The number of carbonyl (C=O) groups is 2. The van der Waals surface area contributed by atoms with E-state index in [0.29, 0.717) is 25.9 Å². The van der Waals surface area contributed by atoms with E-state index < -0.39 is 5.54 Å². The summed E-state index contributed by atoms with van der Waals surface area (Å²) in [6, 6.07) is 9.46. The fourth-order valence-electron chi connectivity index (χ4n) is 3.78. The van der Waals surface area contributed by atoms with Crippen molar-refractivity contribution in [3.8, 4) is 0 Å². The number of hydrogen-bond acceptors (Lipinski definition) is 3. The van der Waals surface area contributed by atoms with E-state index in [1.807, 2.05) is 30.3 Å². The first kappa shape index (κ1) is 18.7. The number of amides is 3. The van der Waals surface area contributed by atoms with E-state index in [2.05, 4.69) is 16.0 Å². The summed E-state index contributed by atoms with van der Waals surface area (Å²) in [4.78, 5) is 25.3. The SMILES string of the molecule is O=C(NCc1ccccc1)NC1(C(=O)NCC2CCCO2)CCCCC1. The average Bonchev–Trinajstić information content (AvgIpc) is 3.19. The molecule has 1 saturated heterocycles. The minimum atomic E-state index is -0.808. The first-order valence-corrected chi connectivity index (χ1v) is 9.68. The second kappa shape index (κ2) is 9.03. The van der Waals surface area contributed by atoms with Crippen LogP contribution >= 0.6 is 0 Å². The second-order valence-electron chi connectivity index (χ2n) is 7.28. The zero-order valence-electron chi connectivity index (χ0n) is 15.3. The van der Waals surface area contributed by atoms with Crippen LogP contribution in [0.4, 0.5) is 4.79 Å². The molecule has 0 aromatic heterocycles. The van der Waals surface area contributed by atoms with Gasteiger partial charge in [-0.2, -0.15) is 0 Å². The van der Waals surface area contributed by atoms with Crippen molar-refractivity contribution >= 4 is 11.9 Å². The van der Waals surface area contributed by atoms with Crippen LogP contribution in [-0.4, -0.2) is 36.7 Å². The standard InChI is InChI=1S/C20H29N3O3/c24-18(21-15-17-10-7-13-26-17)20(11-5-2-6-12-20)23-19(25)22-14-16-8-3-1-4-9-16/h1,3-4,8-9,17H,2,5-7,10-15H2,(H,21,24)(H2,22,23,25). The van der Waals surface area contributed by atoms with Crippen LogP contribution in [0.15, 0.2) is 30.3 Å². The fourth-order valence-corrected chi connectivity index (χ4v) is 3.78. The molecule has 1 atom stereocenters. The van der Waals surface area contributed by atoms with Crippen LogP contribution in [0.3, 0.4) is 0 Å². The number of carbonyl (C=O) groups excluding carboxylic acids is 2. The molecule has 1 unspecified atom stereocenters. The molecule has 1 heterocycles. The van der Waals surface area contributed by atoms with Crippen LogP contribution in [0.25, 0.3) is 0 Å². The molecule has 0 radical (unpaired) electrons. The minimum Gasteiger partial charge on any atom is -0.376 e. The Hall–Kier alpha value is -2.08. The predicted molar refractivity (Wildman–Crippen MR) is 99.6 cm³/mol. The lowest BCUT2D eigenvalue weighted by molar-refractivity contribution is -0.129. The summed E-state index contributed by atoms with van der Waals surface area (Å²) < 4.78 is 5.58. The maximum atomic E-state index is 12.9. The molecule has 0 bridgehead atoms. The van der Waals surface area contributed by atoms with Gasteiger partial charge in [-0.3, -0.25) is 4.79 Å². The van der Waals surface area contributed by atoms with E-state index in [1.165, 1.54) is 0 Å². The van der Waals surface area contributed by atoms with E-state index in [4.69, 9.17) is 4.74 Å². The molecule has 3 rings (SSSR count). The molecule has 2 fully saturated rings. The highest BCUT2D eigenvalue weighted by Crippen LogP contribution is 2.28. The van der Waals surface area contributed by atoms with Crippen LogP contribution < -0.4 is 16.0 Å². The average molecular weight is 359 g/mol. The Labute approximate surface area is 155 Å². The molecular weight excluding hydrogens is 330 g/mol. The zero-order chi connectivity index (χ0) is 18.2. The summed E-state index contributed by atoms with van der Waals surface area (Å²) in [6.07, 6.45) is 6.51. The molecule has 6 heteroatoms. The summed E-state index contributed by atoms with van der Waals surface area (Å²) in [5.41, 5.74) is 0.223. The summed E-state index contributed by atoms with van der Waals surface area (Å²) in [7, 11) is 0. The number of hydrogen-bond donors (Lipinski definition) is 3. The molecular formula is C20H29N3O3. The van der Waals surface area contributed by atoms with Gasteiger partial charge in [0.05, 0.1) is 6.10 Å². The molecule has 1 aliphatic carbocycles. The third kappa shape index (κ3) is 4.97. The highest BCUT2D eigenvalue weighted by Gasteiger charge is 2.41. The van der Waals surface area contributed by atoms with Crippen molar-refractivity contribution in [1.82, 2.24) is 16.0 Å². The lowest BCUT2D eigenvalue weighted by Crippen LogP contribution is -2.62. The topological polar surface area (TPSA) is 79.5 Å². The summed E-state index contributed by atoms with van der Waals surface area (Å²) in [5.74, 6) is -0.0810. The van der Waals surface area contributed by atoms with E-state index in [-0.39, 0.29) is 18.0 Å². The lowest BCUT2D eigenvalue weighted by atomic mass is 9.81. The third-order valence-corrected chi connectivity index (χ3v) is 5.30. The van der Waals surface area contributed by atoms with Gasteiger partial charge in [0.1, 0.15) is 5.54 Å². The molecule has 26 heavy (non-hydrogen) atoms. The third-order valence-electron chi connectivity index (χ3n) is 5.30. The summed E-state index contributed by atoms with van der Waals surface area (Å²) in [6.45, 7) is 1.74. The molecule has 0 spiro atoms. The van der Waals surface area contributed by atoms with Crippen molar-refractivity contribution in [1.29, 1.82) is 0 Å². The molecule has 1 aromatic carbocycles. The first-order chi connectivity index (χ1) is 12.7. The van der Waals surface area contributed by atoms with Gasteiger partial charge in [-0.15, -0.1) is 0 Å². The highest BCUT2D eigenvalue weighted by atomic mass is 16.5. The van der Waals surface area contributed by atoms with Gasteiger partial charge in [-0.05, 0) is 31.2 Å². The Bertz CT molecular complexity index is 594. The Balaban J connectivity index is 1.55. The molecule has 2 aliphatic rings. The van der Waals surface area contributed by atoms with Crippen LogP contribution in [-0.2, 0) is 16.1 Å². The zero-order valence-corrected chi connectivity index (χ0v) is 15.3. The molecule has 142 valence electrons. The lowest BCUT2D eigenvalue weighted by Gasteiger charge is -2.36. The molecule has 3 N–H and O–H groups in total. The monoisotopic (exact) mass is 359 g/mol. The molecule has 1 aromatic rings. The number of nitrogens with one attached hydrogen (secondary N) is 3. The van der Waals surface area contributed by atoms with Crippen molar-refractivity contribution in [2.75, 3.05) is 13.2 Å². The van der Waals surface area contributed by atoms with Gasteiger partial charge in [-0.1, -0.05) is 49.6 Å². The molecule has 6 nitrogen and oxygen atoms in total. The number of benzene rings is 1. The normalized spacial score (nSPS) is 21.8. The first-order valence-electron chi connectivity index (χ1n) is 9.68. The predicted octanol–water partition coefficient (Wildman–Crippen LogP) is 2.48. The Kier molecular flexibility index (Phi) is 6.50. The quantitative estimate of drug-likeness (QED) is 0.730. The number of ether oxygens (including phenoxy) is 1. The van der Waals surface area contributed by atoms with Gasteiger partial charge < -0.3 is 20.7 Å². The summed E-state index contributed by atoms with van der Waals surface area (Å²) in [5, 5.41) is 8.85. The minimum absolute atomic E-state index is 0.0810. The number of urea groups is 1. The molecule has 3 amide bonds. The van der Waals surface area contributed by atoms with Crippen LogP contribution in [0, 0.1) is 0 Å². The van der Waals surface area contributed by atoms with Crippen molar-refractivity contribution in [2.45, 2.75) is 63.1 Å². The van der Waals surface area contributed by atoms with Gasteiger partial charge >= 0.3 is 6.03 Å². The second-order valence-corrected chi connectivity index (χ2v) is 7.28. The van der Waals surface area contributed by atoms with Gasteiger partial charge in [0.2, 0.25) is 5.91 Å². The van der Waals surface area contributed by atoms with Crippen molar-refractivity contribution < 1.29 is 14.3 Å². The maximum Gasteiger partial charge on any atom is 0.315 e. The van der Waals surface area contributed by atoms with Crippen LogP contribution in [0.1, 0.15) is 50.5 Å². The van der Waals surface area contributed by atoms with Crippen LogP contribution in [0.2, 0.25) is 0 Å². The fraction of sp³-hybridized carbons (Fsp3) is 0.600. The van der Waals surface area contributed by atoms with E-state index in [0.717, 1.165) is 44.3 Å². The largest absolute Gasteiger partial charge is 0.376 e. The van der Waals surface area contributed by atoms with Crippen molar-refractivity contribution in [3.63, 3.8) is 0 Å². The van der Waals surface area contributed by atoms with Crippen molar-refractivity contribution in [2.24, 2.45) is 0 Å². The van der Waals surface area contributed by atoms with E-state index in [1.54, 1.807) is 0 Å². The van der Waals surface area contributed by atoms with Gasteiger partial charge in [-0.25, -0.2) is 4.79 Å². The maximum absolute atomic E-state index is 12.9. The van der Waals surface area contributed by atoms with Gasteiger partial charge in [0.15, 0.2) is 0 Å². The van der Waals surface area contributed by atoms with Gasteiger partial charge in [0.25, 0.3) is 0 Å². The molecule has 1 saturated carbocycles. The Morgan fingerprint density at radius 3 is 2.50 bits per heavy atom. The van der Waals surface area contributed by atoms with E-state index >= 15 is 0 Å². The Morgan fingerprint density at radius 1 is 1.04 bits per heavy atom. The van der Waals surface area contributed by atoms with E-state index in [9.17, 15) is 9.59 Å². The Morgan fingerprint density at radius 2 is 1.81 bits per heavy atom. The summed E-state index contributed by atoms with van der Waals surface area (Å²) >= 11 is 0. The molecule has 1 aliphatic heterocycles. The van der Waals surface area contributed by atoms with Gasteiger partial charge in [0, 0.05) is 19.7 Å². The van der Waals surface area contributed by atoms with Crippen LogP contribution in [0.5, 0.6) is 0 Å². The number of rotatable bonds is 6. The smallest absolute Gasteiger partial charge is 0.315 e.